The van der Waals surface area contributed by atoms with Gasteiger partial charge >= 0.3 is 5.69 Å². The number of aromatic nitrogens is 2. The average Bonchev–Trinajstić information content (AvgIpc) is 2.87. The van der Waals surface area contributed by atoms with Crippen molar-refractivity contribution in [1.29, 1.82) is 0 Å². The first-order valence-electron chi connectivity index (χ1n) is 9.30. The fourth-order valence-corrected chi connectivity index (χ4v) is 3.97. The summed E-state index contributed by atoms with van der Waals surface area (Å²) in [6.07, 6.45) is -3.61. The van der Waals surface area contributed by atoms with Gasteiger partial charge in [0.1, 0.15) is 30.5 Å². The van der Waals surface area contributed by atoms with E-state index < -0.39 is 59.6 Å². The number of aliphatic hydroxyl groups excluding tert-OH is 1. The summed E-state index contributed by atoms with van der Waals surface area (Å²) in [5, 5.41) is 11.1. The minimum atomic E-state index is -1.24. The van der Waals surface area contributed by atoms with E-state index in [1.165, 1.54) is 6.20 Å². The molecule has 0 radical (unpaired) electrons. The largest absolute Gasteiger partial charge is 0.386 e. The highest BCUT2D eigenvalue weighted by atomic mass is 16.8. The molecule has 4 rings (SSSR count). The number of nitrogens with one attached hydrogen (secondary N) is 1. The van der Waals surface area contributed by atoms with Crippen LogP contribution in [0.15, 0.2) is 15.8 Å². The van der Waals surface area contributed by atoms with Crippen LogP contribution in [-0.2, 0) is 23.7 Å². The summed E-state index contributed by atoms with van der Waals surface area (Å²) < 4.78 is 31.0. The van der Waals surface area contributed by atoms with E-state index in [1.54, 1.807) is 34.6 Å². The zero-order valence-corrected chi connectivity index (χ0v) is 16.5. The molecule has 10 heteroatoms. The molecule has 4 unspecified atom stereocenters. The second-order valence-corrected chi connectivity index (χ2v) is 8.39. The Morgan fingerprint density at radius 3 is 2.43 bits per heavy atom. The van der Waals surface area contributed by atoms with Gasteiger partial charge in [0, 0.05) is 11.8 Å². The van der Waals surface area contributed by atoms with Crippen LogP contribution >= 0.6 is 0 Å². The fourth-order valence-electron chi connectivity index (χ4n) is 3.97. The number of nitrogens with zero attached hydrogens (tertiary/aromatic N) is 1. The molecule has 0 amide bonds. The monoisotopic (exact) mass is 398 g/mol. The lowest BCUT2D eigenvalue weighted by atomic mass is 9.99. The Kier molecular flexibility index (Phi) is 4.57. The van der Waals surface area contributed by atoms with Crippen LogP contribution in [0.1, 0.15) is 39.5 Å². The predicted molar refractivity (Wildman–Crippen MR) is 94.7 cm³/mol. The van der Waals surface area contributed by atoms with Crippen LogP contribution in [0.4, 0.5) is 0 Å². The normalized spacial score (nSPS) is 39.1. The molecule has 3 fully saturated rings. The van der Waals surface area contributed by atoms with Crippen LogP contribution in [0.2, 0.25) is 0 Å². The first kappa shape index (κ1) is 19.7. The third kappa shape index (κ3) is 3.34. The minimum Gasteiger partial charge on any atom is -0.386 e. The van der Waals surface area contributed by atoms with Gasteiger partial charge < -0.3 is 28.8 Å². The van der Waals surface area contributed by atoms with Gasteiger partial charge in [0.25, 0.3) is 5.56 Å². The molecule has 0 aromatic carbocycles. The van der Waals surface area contributed by atoms with Gasteiger partial charge in [0.15, 0.2) is 17.8 Å². The van der Waals surface area contributed by atoms with Crippen molar-refractivity contribution in [2.24, 2.45) is 0 Å². The van der Waals surface area contributed by atoms with Gasteiger partial charge in [0.2, 0.25) is 0 Å². The van der Waals surface area contributed by atoms with Crippen LogP contribution in [0.3, 0.4) is 0 Å². The van der Waals surface area contributed by atoms with Gasteiger partial charge in [-0.05, 0) is 34.6 Å². The molecule has 1 aromatic rings. The van der Waals surface area contributed by atoms with Crippen LogP contribution in [-0.4, -0.2) is 63.4 Å². The third-order valence-corrected chi connectivity index (χ3v) is 5.23. The van der Waals surface area contributed by atoms with E-state index >= 15 is 0 Å². The second-order valence-electron chi connectivity index (χ2n) is 8.39. The van der Waals surface area contributed by atoms with Gasteiger partial charge in [-0.2, -0.15) is 0 Å². The molecule has 4 heterocycles. The standard InChI is InChI=1S/C18H26N2O8/c1-8-6-20(16(23)19-14(8)22)15-10(21)12-13(28-18(4,5)27-12)11-9(25-15)7-24-17(2,3)26-11/h6,9-13,15,21H,7H2,1-5H3,(H,19,22,23)/t9?,10?,11-,12?,13?,15-/m1/s1. The number of fused-ring (bicyclic) bond motifs is 3. The van der Waals surface area contributed by atoms with Crippen molar-refractivity contribution in [2.45, 2.75) is 82.9 Å². The maximum Gasteiger partial charge on any atom is 0.330 e. The van der Waals surface area contributed by atoms with Crippen molar-refractivity contribution < 1.29 is 28.8 Å². The summed E-state index contributed by atoms with van der Waals surface area (Å²) >= 11 is 0. The van der Waals surface area contributed by atoms with Crippen molar-refractivity contribution in [3.63, 3.8) is 0 Å². The third-order valence-electron chi connectivity index (χ3n) is 5.23. The van der Waals surface area contributed by atoms with E-state index in [4.69, 9.17) is 23.7 Å². The van der Waals surface area contributed by atoms with Crippen LogP contribution in [0.5, 0.6) is 0 Å². The molecule has 0 spiro atoms. The number of aryl methyl sites for hydroxylation is 1. The molecule has 0 saturated carbocycles. The zero-order valence-electron chi connectivity index (χ0n) is 16.5. The van der Waals surface area contributed by atoms with Gasteiger partial charge in [-0.25, -0.2) is 4.79 Å². The predicted octanol–water partition coefficient (Wildman–Crippen LogP) is -0.225. The highest BCUT2D eigenvalue weighted by Crippen LogP contribution is 2.42. The Morgan fingerprint density at radius 1 is 1.07 bits per heavy atom. The number of aromatic amines is 1. The van der Waals surface area contributed by atoms with Crippen molar-refractivity contribution in [3.05, 3.63) is 32.6 Å². The Balaban J connectivity index is 1.78. The maximum atomic E-state index is 12.4. The lowest BCUT2D eigenvalue weighted by Crippen LogP contribution is -2.55. The van der Waals surface area contributed by atoms with Gasteiger partial charge in [-0.15, -0.1) is 0 Å². The van der Waals surface area contributed by atoms with Gasteiger partial charge in [0.05, 0.1) is 6.61 Å². The summed E-state index contributed by atoms with van der Waals surface area (Å²) in [4.78, 5) is 26.4. The maximum absolute atomic E-state index is 12.4. The average molecular weight is 398 g/mol. The summed E-state index contributed by atoms with van der Waals surface area (Å²) in [7, 11) is 0. The van der Waals surface area contributed by atoms with Gasteiger partial charge in [-0.3, -0.25) is 14.3 Å². The van der Waals surface area contributed by atoms with Crippen molar-refractivity contribution in [2.75, 3.05) is 6.61 Å². The highest BCUT2D eigenvalue weighted by Gasteiger charge is 2.58. The molecule has 156 valence electrons. The van der Waals surface area contributed by atoms with Crippen molar-refractivity contribution in [1.82, 2.24) is 9.55 Å². The number of hydrogen-bond acceptors (Lipinski definition) is 8. The molecule has 3 aliphatic rings. The number of aliphatic hydroxyl groups is 1. The molecule has 3 saturated heterocycles. The van der Waals surface area contributed by atoms with Crippen LogP contribution < -0.4 is 11.2 Å². The van der Waals surface area contributed by atoms with E-state index in [1.807, 2.05) is 0 Å². The molecular formula is C18H26N2O8. The van der Waals surface area contributed by atoms with E-state index in [9.17, 15) is 14.7 Å². The van der Waals surface area contributed by atoms with Gasteiger partial charge in [-0.1, -0.05) is 0 Å². The Morgan fingerprint density at radius 2 is 1.71 bits per heavy atom. The molecule has 10 nitrogen and oxygen atoms in total. The second kappa shape index (κ2) is 6.48. The molecule has 28 heavy (non-hydrogen) atoms. The molecule has 0 bridgehead atoms. The minimum absolute atomic E-state index is 0.185. The molecule has 6 atom stereocenters. The van der Waals surface area contributed by atoms with Crippen LogP contribution in [0, 0.1) is 6.92 Å². The molecule has 2 N–H and O–H groups in total. The van der Waals surface area contributed by atoms with E-state index in [2.05, 4.69) is 4.98 Å². The smallest absolute Gasteiger partial charge is 0.330 e. The first-order valence-corrected chi connectivity index (χ1v) is 9.30. The SMILES string of the molecule is Cc1cn([C@@H]2OC3COC(C)(C)O[C@H]3C3OC(C)(C)OC3C2O)c(=O)[nH]c1=O. The Labute approximate surface area is 161 Å². The molecule has 3 aliphatic heterocycles. The Bertz CT molecular complexity index is 875. The highest BCUT2D eigenvalue weighted by molar-refractivity contribution is 5.05. The lowest BCUT2D eigenvalue weighted by molar-refractivity contribution is -0.332. The van der Waals surface area contributed by atoms with E-state index in [0.29, 0.717) is 5.56 Å². The Hall–Kier alpha value is -1.56. The van der Waals surface area contributed by atoms with E-state index in [0.717, 1.165) is 4.57 Å². The summed E-state index contributed by atoms with van der Waals surface area (Å²) in [5.41, 5.74) is -0.868. The van der Waals surface area contributed by atoms with Crippen molar-refractivity contribution >= 4 is 0 Å². The fraction of sp³-hybridized carbons (Fsp3) is 0.778. The van der Waals surface area contributed by atoms with Crippen LogP contribution in [0.25, 0.3) is 0 Å². The number of H-pyrrole nitrogens is 1. The zero-order chi connectivity index (χ0) is 20.4. The number of rotatable bonds is 1. The molecule has 0 aliphatic carbocycles. The topological polar surface area (TPSA) is 121 Å². The quantitative estimate of drug-likeness (QED) is 0.666. The lowest BCUT2D eigenvalue weighted by Gasteiger charge is -2.42. The summed E-state index contributed by atoms with van der Waals surface area (Å²) in [6, 6.07) is 0. The summed E-state index contributed by atoms with van der Waals surface area (Å²) in [5.74, 6) is -1.80. The first-order chi connectivity index (χ1) is 13.0. The van der Waals surface area contributed by atoms with Crippen molar-refractivity contribution in [3.8, 4) is 0 Å². The molecule has 1 aromatic heterocycles. The number of hydrogen-bond donors (Lipinski definition) is 2. The van der Waals surface area contributed by atoms with E-state index in [-0.39, 0.29) is 6.61 Å². The molecular weight excluding hydrogens is 372 g/mol. The number of ether oxygens (including phenoxy) is 5. The summed E-state index contributed by atoms with van der Waals surface area (Å²) in [6.45, 7) is 8.82.